The van der Waals surface area contributed by atoms with Crippen LogP contribution >= 0.6 is 12.4 Å². The van der Waals surface area contributed by atoms with Gasteiger partial charge < -0.3 is 15.4 Å². The molecule has 1 atom stereocenters. The third-order valence-corrected chi connectivity index (χ3v) is 4.45. The molecule has 1 aliphatic rings. The van der Waals surface area contributed by atoms with Crippen molar-refractivity contribution in [2.45, 2.75) is 25.9 Å². The Bertz CT molecular complexity index is 843. The van der Waals surface area contributed by atoms with Crippen molar-refractivity contribution in [3.63, 3.8) is 0 Å². The third-order valence-electron chi connectivity index (χ3n) is 4.45. The molecule has 2 heterocycles. The molecule has 0 aliphatic carbocycles. The van der Waals surface area contributed by atoms with Crippen LogP contribution in [-0.2, 0) is 6.18 Å². The standard InChI is InChI=1S/C19H22F3N5O2.ClH/c1-12-8-25-17(10-24-12)27-18(28)26-15-7-14(19(20,21)22)4-5-16(15)29-11-13-3-2-6-23-9-13;/h4-5,7-8,10,13,23H,2-3,6,9,11H2,1H3,(H2,25,26,27,28);1H. The first-order chi connectivity index (χ1) is 13.8. The molecule has 1 aliphatic heterocycles. The van der Waals surface area contributed by atoms with Crippen LogP contribution in [-0.4, -0.2) is 35.7 Å². The summed E-state index contributed by atoms with van der Waals surface area (Å²) in [5.41, 5.74) is -0.280. The predicted octanol–water partition coefficient (Wildman–Crippen LogP) is 4.25. The number of carbonyl (C=O) groups is 1. The second kappa shape index (κ2) is 10.4. The van der Waals surface area contributed by atoms with Gasteiger partial charge in [-0.1, -0.05) is 0 Å². The van der Waals surface area contributed by atoms with Gasteiger partial charge in [0.15, 0.2) is 5.82 Å². The molecule has 11 heteroatoms. The molecule has 1 fully saturated rings. The zero-order chi connectivity index (χ0) is 20.9. The van der Waals surface area contributed by atoms with Gasteiger partial charge in [0.05, 0.1) is 35.9 Å². The maximum absolute atomic E-state index is 13.1. The number of aryl methyl sites for hydroxylation is 1. The van der Waals surface area contributed by atoms with Crippen molar-refractivity contribution in [1.29, 1.82) is 0 Å². The van der Waals surface area contributed by atoms with Crippen LogP contribution in [0.4, 0.5) is 29.5 Å². The van der Waals surface area contributed by atoms with Gasteiger partial charge in [0.1, 0.15) is 5.75 Å². The fourth-order valence-corrected chi connectivity index (χ4v) is 2.93. The number of nitrogens with one attached hydrogen (secondary N) is 3. The highest BCUT2D eigenvalue weighted by Gasteiger charge is 2.31. The topological polar surface area (TPSA) is 88.2 Å². The van der Waals surface area contributed by atoms with Crippen molar-refractivity contribution < 1.29 is 22.7 Å². The van der Waals surface area contributed by atoms with Crippen LogP contribution in [0.2, 0.25) is 0 Å². The molecule has 1 saturated heterocycles. The van der Waals surface area contributed by atoms with Crippen LogP contribution in [0.3, 0.4) is 0 Å². The Morgan fingerprint density at radius 3 is 2.70 bits per heavy atom. The zero-order valence-electron chi connectivity index (χ0n) is 16.3. The number of aromatic nitrogens is 2. The summed E-state index contributed by atoms with van der Waals surface area (Å²) >= 11 is 0. The van der Waals surface area contributed by atoms with Crippen molar-refractivity contribution in [2.75, 3.05) is 30.3 Å². The number of alkyl halides is 3. The van der Waals surface area contributed by atoms with Gasteiger partial charge in [-0.25, -0.2) is 9.78 Å². The number of amides is 2. The van der Waals surface area contributed by atoms with Gasteiger partial charge >= 0.3 is 12.2 Å². The van der Waals surface area contributed by atoms with E-state index in [0.717, 1.165) is 38.1 Å². The molecule has 164 valence electrons. The van der Waals surface area contributed by atoms with E-state index in [4.69, 9.17) is 4.74 Å². The van der Waals surface area contributed by atoms with E-state index in [0.29, 0.717) is 12.3 Å². The van der Waals surface area contributed by atoms with Gasteiger partial charge in [0.2, 0.25) is 0 Å². The molecule has 0 saturated carbocycles. The molecule has 3 rings (SSSR count). The van der Waals surface area contributed by atoms with Gasteiger partial charge in [0.25, 0.3) is 0 Å². The van der Waals surface area contributed by atoms with Crippen LogP contribution in [0.15, 0.2) is 30.6 Å². The Hall–Kier alpha value is -2.59. The lowest BCUT2D eigenvalue weighted by molar-refractivity contribution is -0.137. The number of rotatable bonds is 5. The summed E-state index contributed by atoms with van der Waals surface area (Å²) in [6, 6.07) is 2.27. The van der Waals surface area contributed by atoms with Crippen LogP contribution in [0.5, 0.6) is 5.75 Å². The minimum Gasteiger partial charge on any atom is -0.491 e. The number of nitrogens with zero attached hydrogens (tertiary/aromatic N) is 2. The third kappa shape index (κ3) is 6.74. The van der Waals surface area contributed by atoms with E-state index in [9.17, 15) is 18.0 Å². The van der Waals surface area contributed by atoms with Crippen LogP contribution in [0.1, 0.15) is 24.1 Å². The number of piperidine rings is 1. The predicted molar refractivity (Wildman–Crippen MR) is 109 cm³/mol. The maximum atomic E-state index is 13.1. The summed E-state index contributed by atoms with van der Waals surface area (Å²) in [5.74, 6) is 0.611. The van der Waals surface area contributed by atoms with E-state index < -0.39 is 17.8 Å². The normalized spacial score (nSPS) is 16.3. The van der Waals surface area contributed by atoms with Crippen molar-refractivity contribution in [3.8, 4) is 5.75 Å². The first kappa shape index (κ1) is 23.7. The van der Waals surface area contributed by atoms with Gasteiger partial charge in [-0.15, -0.1) is 12.4 Å². The molecule has 2 aromatic rings. The van der Waals surface area contributed by atoms with E-state index in [2.05, 4.69) is 25.9 Å². The minimum absolute atomic E-state index is 0. The largest absolute Gasteiger partial charge is 0.491 e. The molecular formula is C19H23ClF3N5O2. The Kier molecular flexibility index (Phi) is 8.24. The lowest BCUT2D eigenvalue weighted by Gasteiger charge is -2.23. The molecule has 7 nitrogen and oxygen atoms in total. The highest BCUT2D eigenvalue weighted by atomic mass is 35.5. The number of halogens is 4. The van der Waals surface area contributed by atoms with Gasteiger partial charge in [0, 0.05) is 12.5 Å². The van der Waals surface area contributed by atoms with Crippen molar-refractivity contribution in [2.24, 2.45) is 5.92 Å². The number of urea groups is 1. The fraction of sp³-hybridized carbons (Fsp3) is 0.421. The van der Waals surface area contributed by atoms with Crippen molar-refractivity contribution in [1.82, 2.24) is 15.3 Å². The zero-order valence-corrected chi connectivity index (χ0v) is 17.1. The number of ether oxygens (including phenoxy) is 1. The molecule has 1 aromatic heterocycles. The summed E-state index contributed by atoms with van der Waals surface area (Å²) in [6.45, 7) is 3.82. The Morgan fingerprint density at radius 1 is 1.27 bits per heavy atom. The molecule has 30 heavy (non-hydrogen) atoms. The number of carbonyl (C=O) groups excluding carboxylic acids is 1. The second-order valence-corrected chi connectivity index (χ2v) is 6.85. The molecular weight excluding hydrogens is 423 g/mol. The van der Waals surface area contributed by atoms with E-state index in [1.165, 1.54) is 18.5 Å². The molecule has 3 N–H and O–H groups in total. The highest BCUT2D eigenvalue weighted by Crippen LogP contribution is 2.35. The molecule has 0 spiro atoms. The van der Waals surface area contributed by atoms with E-state index in [1.54, 1.807) is 6.92 Å². The minimum atomic E-state index is -4.54. The Labute approximate surface area is 178 Å². The summed E-state index contributed by atoms with van der Waals surface area (Å²) in [7, 11) is 0. The smallest absolute Gasteiger partial charge is 0.416 e. The van der Waals surface area contributed by atoms with Gasteiger partial charge in [-0.3, -0.25) is 10.3 Å². The van der Waals surface area contributed by atoms with E-state index in [1.807, 2.05) is 0 Å². The lowest BCUT2D eigenvalue weighted by Crippen LogP contribution is -2.33. The monoisotopic (exact) mass is 445 g/mol. The summed E-state index contributed by atoms with van der Waals surface area (Å²) in [6.07, 6.45) is 0.275. The maximum Gasteiger partial charge on any atom is 0.416 e. The van der Waals surface area contributed by atoms with Crippen molar-refractivity contribution >= 4 is 29.9 Å². The van der Waals surface area contributed by atoms with E-state index >= 15 is 0 Å². The Balaban J connectivity index is 0.00000320. The average molecular weight is 446 g/mol. The fourth-order valence-electron chi connectivity index (χ4n) is 2.93. The number of benzene rings is 1. The first-order valence-corrected chi connectivity index (χ1v) is 9.22. The van der Waals surface area contributed by atoms with E-state index in [-0.39, 0.29) is 35.6 Å². The molecule has 0 radical (unpaired) electrons. The summed E-state index contributed by atoms with van der Waals surface area (Å²) in [5, 5.41) is 8.11. The van der Waals surface area contributed by atoms with Crippen molar-refractivity contribution in [3.05, 3.63) is 41.9 Å². The van der Waals surface area contributed by atoms with Gasteiger partial charge in [-0.2, -0.15) is 13.2 Å². The van der Waals surface area contributed by atoms with Crippen LogP contribution in [0.25, 0.3) is 0 Å². The van der Waals surface area contributed by atoms with Crippen LogP contribution < -0.4 is 20.7 Å². The molecule has 2 amide bonds. The van der Waals surface area contributed by atoms with Crippen LogP contribution in [0, 0.1) is 12.8 Å². The quantitative estimate of drug-likeness (QED) is 0.640. The first-order valence-electron chi connectivity index (χ1n) is 9.22. The Morgan fingerprint density at radius 2 is 2.07 bits per heavy atom. The highest BCUT2D eigenvalue weighted by molar-refractivity contribution is 6.00. The average Bonchev–Trinajstić information content (AvgIpc) is 2.69. The molecule has 0 bridgehead atoms. The molecule has 1 aromatic carbocycles. The lowest BCUT2D eigenvalue weighted by atomic mass is 10.0. The summed E-state index contributed by atoms with van der Waals surface area (Å²) in [4.78, 5) is 20.2. The number of anilines is 2. The van der Waals surface area contributed by atoms with Gasteiger partial charge in [-0.05, 0) is 44.5 Å². The number of hydrogen-bond donors (Lipinski definition) is 3. The number of hydrogen-bond acceptors (Lipinski definition) is 5. The molecule has 1 unspecified atom stereocenters. The second-order valence-electron chi connectivity index (χ2n) is 6.85. The SMILES string of the molecule is Cc1cnc(NC(=O)Nc2cc(C(F)(F)F)ccc2OCC2CCCNC2)cn1.Cl. The summed E-state index contributed by atoms with van der Waals surface area (Å²) < 4.78 is 45.0.